The van der Waals surface area contributed by atoms with Gasteiger partial charge < -0.3 is 21.1 Å². The molecular weight excluding hydrogens is 486 g/mol. The van der Waals surface area contributed by atoms with Crippen LogP contribution in [0.5, 0.6) is 0 Å². The maximum atomic E-state index is 14.5. The first-order chi connectivity index (χ1) is 18.9. The average molecular weight is 530 g/mol. The number of primary amides is 1. The van der Waals surface area contributed by atoms with E-state index in [4.69, 9.17) is 5.73 Å². The molecule has 2 aromatic rings. The molecule has 2 unspecified atom stereocenters. The predicted molar refractivity (Wildman–Crippen MR) is 156 cm³/mol. The molecule has 4 atom stereocenters. The van der Waals surface area contributed by atoms with Crippen molar-refractivity contribution >= 4 is 11.8 Å². The minimum Gasteiger partial charge on any atom is -0.391 e. The van der Waals surface area contributed by atoms with Crippen LogP contribution in [0.15, 0.2) is 78.4 Å². The lowest BCUT2D eigenvalue weighted by Gasteiger charge is -2.44. The van der Waals surface area contributed by atoms with E-state index in [9.17, 15) is 14.7 Å². The molecule has 0 heterocycles. The number of benzene rings is 2. The number of hydrogen-bond donors (Lipinski definition) is 3. The van der Waals surface area contributed by atoms with Crippen molar-refractivity contribution in [1.29, 1.82) is 0 Å². The van der Waals surface area contributed by atoms with Gasteiger partial charge in [-0.25, -0.2) is 0 Å². The van der Waals surface area contributed by atoms with E-state index in [0.29, 0.717) is 31.6 Å². The summed E-state index contributed by atoms with van der Waals surface area (Å²) in [6, 6.07) is 18.6. The van der Waals surface area contributed by atoms with Gasteiger partial charge in [-0.3, -0.25) is 9.59 Å². The van der Waals surface area contributed by atoms with Crippen LogP contribution in [0.25, 0.3) is 0 Å². The van der Waals surface area contributed by atoms with Crippen molar-refractivity contribution in [2.75, 3.05) is 19.6 Å². The van der Waals surface area contributed by atoms with Crippen molar-refractivity contribution in [2.24, 2.45) is 17.1 Å². The summed E-state index contributed by atoms with van der Waals surface area (Å²) in [5, 5.41) is 15.5. The Labute approximate surface area is 233 Å². The summed E-state index contributed by atoms with van der Waals surface area (Å²) in [6.07, 6.45) is 8.91. The first-order valence-electron chi connectivity index (χ1n) is 14.4. The second-order valence-electron chi connectivity index (χ2n) is 11.0. The Morgan fingerprint density at radius 2 is 1.77 bits per heavy atom. The Balaban J connectivity index is 1.70. The van der Waals surface area contributed by atoms with Crippen LogP contribution in [-0.2, 0) is 22.4 Å². The number of nitrogens with zero attached hydrogens (tertiary/aromatic N) is 1. The molecule has 0 saturated heterocycles. The highest BCUT2D eigenvalue weighted by Gasteiger charge is 2.50. The van der Waals surface area contributed by atoms with E-state index < -0.39 is 23.3 Å². The monoisotopic (exact) mass is 529 g/mol. The third-order valence-electron chi connectivity index (χ3n) is 8.29. The summed E-state index contributed by atoms with van der Waals surface area (Å²) < 4.78 is 0. The average Bonchev–Trinajstić information content (AvgIpc) is 3.37. The summed E-state index contributed by atoms with van der Waals surface area (Å²) in [5.41, 5.74) is 8.75. The number of nitrogens with one attached hydrogen (secondary N) is 1. The first kappa shape index (κ1) is 28.8. The maximum absolute atomic E-state index is 14.5. The van der Waals surface area contributed by atoms with E-state index in [2.05, 4.69) is 43.4 Å². The van der Waals surface area contributed by atoms with E-state index in [1.165, 1.54) is 11.1 Å². The number of carbonyl (C=O) groups is 2. The maximum Gasteiger partial charge on any atom is 0.244 e. The van der Waals surface area contributed by atoms with E-state index >= 15 is 0 Å². The molecule has 4 N–H and O–H groups in total. The Kier molecular flexibility index (Phi) is 9.76. The fraction of sp³-hybridized carbons (Fsp3) is 0.455. The van der Waals surface area contributed by atoms with Gasteiger partial charge in [-0.1, -0.05) is 86.7 Å². The lowest BCUT2D eigenvalue weighted by atomic mass is 9.63. The lowest BCUT2D eigenvalue weighted by Crippen LogP contribution is -2.54. The molecule has 4 rings (SSSR count). The van der Waals surface area contributed by atoms with E-state index in [1.807, 2.05) is 41.3 Å². The molecule has 0 bridgehead atoms. The number of carbonyl (C=O) groups excluding carboxylic acids is 2. The molecule has 0 fully saturated rings. The van der Waals surface area contributed by atoms with Crippen molar-refractivity contribution in [2.45, 2.75) is 64.5 Å². The molecule has 0 aromatic heterocycles. The highest BCUT2D eigenvalue weighted by atomic mass is 16.3. The zero-order valence-corrected chi connectivity index (χ0v) is 23.3. The quantitative estimate of drug-likeness (QED) is 0.356. The minimum absolute atomic E-state index is 0.0412. The molecule has 6 heteroatoms. The summed E-state index contributed by atoms with van der Waals surface area (Å²) >= 11 is 0. The van der Waals surface area contributed by atoms with Crippen LogP contribution in [0.1, 0.15) is 62.3 Å². The van der Waals surface area contributed by atoms with Gasteiger partial charge in [-0.05, 0) is 55.2 Å². The van der Waals surface area contributed by atoms with Gasteiger partial charge in [0.05, 0.1) is 11.5 Å². The highest BCUT2D eigenvalue weighted by molar-refractivity contribution is 5.95. The summed E-state index contributed by atoms with van der Waals surface area (Å²) in [4.78, 5) is 28.8. The summed E-state index contributed by atoms with van der Waals surface area (Å²) in [6.45, 7) is 5.73. The molecule has 2 aromatic carbocycles. The first-order valence-corrected chi connectivity index (χ1v) is 14.4. The number of rotatable bonds is 13. The Hall–Kier alpha value is -3.22. The van der Waals surface area contributed by atoms with Gasteiger partial charge in [-0.2, -0.15) is 0 Å². The van der Waals surface area contributed by atoms with E-state index in [-0.39, 0.29) is 18.4 Å². The van der Waals surface area contributed by atoms with Crippen LogP contribution in [0.2, 0.25) is 0 Å². The molecule has 208 valence electrons. The molecule has 0 radical (unpaired) electrons. The molecule has 2 aliphatic rings. The predicted octanol–water partition coefficient (Wildman–Crippen LogP) is 4.49. The van der Waals surface area contributed by atoms with E-state index in [1.54, 1.807) is 12.2 Å². The van der Waals surface area contributed by atoms with Crippen LogP contribution < -0.4 is 11.1 Å². The second kappa shape index (κ2) is 13.2. The number of aryl methyl sites for hydroxylation is 1. The third-order valence-corrected chi connectivity index (χ3v) is 8.29. The fourth-order valence-corrected chi connectivity index (χ4v) is 6.35. The molecule has 0 saturated carbocycles. The van der Waals surface area contributed by atoms with Gasteiger partial charge in [0.25, 0.3) is 0 Å². The molecule has 39 heavy (non-hydrogen) atoms. The molecule has 6 nitrogen and oxygen atoms in total. The van der Waals surface area contributed by atoms with Crippen LogP contribution in [0.3, 0.4) is 0 Å². The highest BCUT2D eigenvalue weighted by Crippen LogP contribution is 2.44. The fourth-order valence-electron chi connectivity index (χ4n) is 6.35. The van der Waals surface area contributed by atoms with Gasteiger partial charge in [0.1, 0.15) is 0 Å². The number of aliphatic hydroxyl groups excluding tert-OH is 1. The Morgan fingerprint density at radius 1 is 1.08 bits per heavy atom. The molecule has 0 aliphatic heterocycles. The number of amides is 2. The van der Waals surface area contributed by atoms with Crippen LogP contribution in [-0.4, -0.2) is 47.6 Å². The summed E-state index contributed by atoms with van der Waals surface area (Å²) in [7, 11) is 0. The van der Waals surface area contributed by atoms with Gasteiger partial charge in [0.2, 0.25) is 11.8 Å². The Bertz CT molecular complexity index is 1190. The zero-order chi connectivity index (χ0) is 27.8. The molecule has 2 aliphatic carbocycles. The van der Waals surface area contributed by atoms with Crippen molar-refractivity contribution < 1.29 is 14.7 Å². The Morgan fingerprint density at radius 3 is 2.46 bits per heavy atom. The SMILES string of the molecule is CCCN(CCC)C(=O)C1([C@H](Cc2ccccc2)[C@@H](O)CNC2CCc3ccccc32)C=CC=C(C(N)=O)C1. The zero-order valence-electron chi connectivity index (χ0n) is 23.3. The largest absolute Gasteiger partial charge is 0.391 e. The molecule has 2 amide bonds. The van der Waals surface area contributed by atoms with Gasteiger partial charge in [0.15, 0.2) is 0 Å². The van der Waals surface area contributed by atoms with Crippen LogP contribution >= 0.6 is 0 Å². The van der Waals surface area contributed by atoms with Gasteiger partial charge >= 0.3 is 0 Å². The second-order valence-corrected chi connectivity index (χ2v) is 11.0. The van der Waals surface area contributed by atoms with Crippen molar-refractivity contribution in [3.63, 3.8) is 0 Å². The van der Waals surface area contributed by atoms with Crippen molar-refractivity contribution in [3.8, 4) is 0 Å². The minimum atomic E-state index is -1.09. The number of allylic oxidation sites excluding steroid dienone is 2. The number of aliphatic hydroxyl groups is 1. The topological polar surface area (TPSA) is 95.7 Å². The van der Waals surface area contributed by atoms with Gasteiger partial charge in [0, 0.05) is 37.2 Å². The standard InChI is InChI=1S/C33H43N3O3/c1-3-19-36(20-4-2)32(39)33(18-10-14-26(22-33)31(34)38)28(21-24-11-6-5-7-12-24)30(37)23-35-29-17-16-25-13-8-9-15-27(25)29/h5-15,18,28-30,35,37H,3-4,16-17,19-23H2,1-2H3,(H2,34,38)/t28-,29?,30+,33?/m1/s1. The lowest BCUT2D eigenvalue weighted by molar-refractivity contribution is -0.145. The van der Waals surface area contributed by atoms with Crippen molar-refractivity contribution in [1.82, 2.24) is 10.2 Å². The van der Waals surface area contributed by atoms with E-state index in [0.717, 1.165) is 31.2 Å². The van der Waals surface area contributed by atoms with Crippen LogP contribution in [0, 0.1) is 11.3 Å². The summed E-state index contributed by atoms with van der Waals surface area (Å²) in [5.74, 6) is -1.03. The van der Waals surface area contributed by atoms with Crippen molar-refractivity contribution in [3.05, 3.63) is 95.1 Å². The van der Waals surface area contributed by atoms with Crippen LogP contribution in [0.4, 0.5) is 0 Å². The number of fused-ring (bicyclic) bond motifs is 1. The number of hydrogen-bond acceptors (Lipinski definition) is 4. The smallest absolute Gasteiger partial charge is 0.244 e. The van der Waals surface area contributed by atoms with Gasteiger partial charge in [-0.15, -0.1) is 0 Å². The molecule has 0 spiro atoms. The molecular formula is C33H43N3O3. The third kappa shape index (κ3) is 6.51. The normalized spacial score (nSPS) is 21.6. The number of nitrogens with two attached hydrogens (primary N) is 1.